The molecule has 0 aliphatic carbocycles. The minimum absolute atomic E-state index is 0.964. The molecule has 0 amide bonds. The van der Waals surface area contributed by atoms with Gasteiger partial charge in [0.05, 0.1) is 23.1 Å². The monoisotopic (exact) mass is 245 g/mol. The molecule has 90 valence electrons. The van der Waals surface area contributed by atoms with Gasteiger partial charge in [-0.15, -0.1) is 0 Å². The number of hydrogen-bond acceptors (Lipinski definition) is 2. The third-order valence-electron chi connectivity index (χ3n) is 3.38. The summed E-state index contributed by atoms with van der Waals surface area (Å²) in [5, 5.41) is 2.35. The molecule has 0 saturated carbocycles. The van der Waals surface area contributed by atoms with Gasteiger partial charge < -0.3 is 4.98 Å². The third kappa shape index (κ3) is 1.52. The van der Waals surface area contributed by atoms with Crippen LogP contribution in [0.5, 0.6) is 0 Å². The second kappa shape index (κ2) is 3.92. The Morgan fingerprint density at radius 1 is 0.842 bits per heavy atom. The number of benzene rings is 2. The lowest BCUT2D eigenvalue weighted by Crippen LogP contribution is -1.87. The molecule has 2 aromatic carbocycles. The predicted molar refractivity (Wildman–Crippen MR) is 76.8 cm³/mol. The Balaban J connectivity index is 2.12. The maximum absolute atomic E-state index is 4.55. The largest absolute Gasteiger partial charge is 0.345 e. The topological polar surface area (TPSA) is 41.6 Å². The molecule has 0 bridgehead atoms. The van der Waals surface area contributed by atoms with Crippen LogP contribution in [0.1, 0.15) is 0 Å². The molecule has 0 radical (unpaired) electrons. The van der Waals surface area contributed by atoms with E-state index in [1.165, 1.54) is 5.39 Å². The molecule has 4 aromatic rings. The smallest absolute Gasteiger partial charge is 0.0976 e. The average molecular weight is 245 g/mol. The zero-order chi connectivity index (χ0) is 12.7. The van der Waals surface area contributed by atoms with Crippen molar-refractivity contribution in [2.45, 2.75) is 0 Å². The van der Waals surface area contributed by atoms with Gasteiger partial charge in [-0.3, -0.25) is 4.98 Å². The van der Waals surface area contributed by atoms with E-state index in [-0.39, 0.29) is 0 Å². The third-order valence-corrected chi connectivity index (χ3v) is 3.38. The highest BCUT2D eigenvalue weighted by molar-refractivity contribution is 6.01. The molecular weight excluding hydrogens is 234 g/mol. The first-order chi connectivity index (χ1) is 9.43. The molecule has 0 fully saturated rings. The molecule has 0 saturated heterocycles. The molecular formula is C16H11N3. The van der Waals surface area contributed by atoms with E-state index >= 15 is 0 Å². The van der Waals surface area contributed by atoms with Gasteiger partial charge >= 0.3 is 0 Å². The Bertz CT molecular complexity index is 872. The van der Waals surface area contributed by atoms with E-state index in [4.69, 9.17) is 0 Å². The van der Waals surface area contributed by atoms with Crippen molar-refractivity contribution in [3.63, 3.8) is 0 Å². The van der Waals surface area contributed by atoms with E-state index < -0.39 is 0 Å². The molecule has 1 N–H and O–H groups in total. The first-order valence-electron chi connectivity index (χ1n) is 6.20. The molecule has 0 atom stereocenters. The van der Waals surface area contributed by atoms with E-state index in [9.17, 15) is 0 Å². The highest BCUT2D eigenvalue weighted by atomic mass is 14.9. The van der Waals surface area contributed by atoms with Gasteiger partial charge in [0, 0.05) is 17.1 Å². The second-order valence-electron chi connectivity index (χ2n) is 4.48. The molecule has 0 aliphatic rings. The van der Waals surface area contributed by atoms with Crippen LogP contribution in [0.2, 0.25) is 0 Å². The Kier molecular flexibility index (Phi) is 2.12. The number of pyridine rings is 1. The van der Waals surface area contributed by atoms with Crippen molar-refractivity contribution in [2.75, 3.05) is 0 Å². The van der Waals surface area contributed by atoms with Gasteiger partial charge in [0.15, 0.2) is 0 Å². The maximum atomic E-state index is 4.55. The Morgan fingerprint density at radius 2 is 1.79 bits per heavy atom. The standard InChI is InChI=1S/C16H11N3/c1-2-5-12-11(4-1)8-9-17-15(12)13-6-3-7-14-16(13)19-10-18-14/h1-10H,(H,18,19). The molecule has 0 unspecified atom stereocenters. The Morgan fingerprint density at radius 3 is 2.79 bits per heavy atom. The van der Waals surface area contributed by atoms with Crippen LogP contribution >= 0.6 is 0 Å². The van der Waals surface area contributed by atoms with E-state index in [1.54, 1.807) is 6.33 Å². The van der Waals surface area contributed by atoms with Crippen LogP contribution in [0.15, 0.2) is 61.1 Å². The lowest BCUT2D eigenvalue weighted by atomic mass is 10.0. The number of aromatic nitrogens is 3. The first-order valence-corrected chi connectivity index (χ1v) is 6.20. The SMILES string of the molecule is c1ccc2c(-c3cccc4[nH]cnc34)nccc2c1. The minimum Gasteiger partial charge on any atom is -0.345 e. The van der Waals surface area contributed by atoms with Gasteiger partial charge in [-0.2, -0.15) is 0 Å². The summed E-state index contributed by atoms with van der Waals surface area (Å²) in [6, 6.07) is 16.4. The van der Waals surface area contributed by atoms with E-state index in [0.29, 0.717) is 0 Å². The fraction of sp³-hybridized carbons (Fsp3) is 0. The number of nitrogens with one attached hydrogen (secondary N) is 1. The van der Waals surface area contributed by atoms with Crippen LogP contribution in [-0.4, -0.2) is 15.0 Å². The van der Waals surface area contributed by atoms with E-state index in [0.717, 1.165) is 27.7 Å². The van der Waals surface area contributed by atoms with Crippen molar-refractivity contribution in [3.05, 3.63) is 61.1 Å². The van der Waals surface area contributed by atoms with Crippen LogP contribution in [-0.2, 0) is 0 Å². The molecule has 3 heteroatoms. The molecule has 3 nitrogen and oxygen atoms in total. The summed E-state index contributed by atoms with van der Waals surface area (Å²) in [5.41, 5.74) is 4.05. The van der Waals surface area contributed by atoms with Crippen LogP contribution in [0.3, 0.4) is 0 Å². The van der Waals surface area contributed by atoms with Gasteiger partial charge in [0.25, 0.3) is 0 Å². The number of H-pyrrole nitrogens is 1. The van der Waals surface area contributed by atoms with Crippen molar-refractivity contribution >= 4 is 21.8 Å². The number of rotatable bonds is 1. The van der Waals surface area contributed by atoms with Crippen LogP contribution < -0.4 is 0 Å². The molecule has 2 aromatic heterocycles. The fourth-order valence-corrected chi connectivity index (χ4v) is 2.49. The second-order valence-corrected chi connectivity index (χ2v) is 4.48. The summed E-state index contributed by atoms with van der Waals surface area (Å²) >= 11 is 0. The van der Waals surface area contributed by atoms with Crippen molar-refractivity contribution in [3.8, 4) is 11.3 Å². The average Bonchev–Trinajstić information content (AvgIpc) is 2.95. The molecule has 0 spiro atoms. The molecule has 19 heavy (non-hydrogen) atoms. The van der Waals surface area contributed by atoms with Crippen molar-refractivity contribution in [1.29, 1.82) is 0 Å². The van der Waals surface area contributed by atoms with Crippen molar-refractivity contribution < 1.29 is 0 Å². The number of nitrogens with zero attached hydrogens (tertiary/aromatic N) is 2. The van der Waals surface area contributed by atoms with Crippen molar-refractivity contribution in [2.24, 2.45) is 0 Å². The summed E-state index contributed by atoms with van der Waals surface area (Å²) in [7, 11) is 0. The lowest BCUT2D eigenvalue weighted by Gasteiger charge is -2.06. The summed E-state index contributed by atoms with van der Waals surface area (Å²) in [6.45, 7) is 0. The fourth-order valence-electron chi connectivity index (χ4n) is 2.49. The van der Waals surface area contributed by atoms with Gasteiger partial charge in [0.2, 0.25) is 0 Å². The number of fused-ring (bicyclic) bond motifs is 2. The number of para-hydroxylation sites is 1. The molecule has 4 rings (SSSR count). The Labute approximate surface area is 110 Å². The number of imidazole rings is 1. The van der Waals surface area contributed by atoms with E-state index in [2.05, 4.69) is 33.2 Å². The summed E-state index contributed by atoms with van der Waals surface area (Å²) in [4.78, 5) is 12.1. The first kappa shape index (κ1) is 10.3. The highest BCUT2D eigenvalue weighted by Gasteiger charge is 2.09. The van der Waals surface area contributed by atoms with Crippen LogP contribution in [0.4, 0.5) is 0 Å². The van der Waals surface area contributed by atoms with E-state index in [1.807, 2.05) is 36.5 Å². The predicted octanol–water partition coefficient (Wildman–Crippen LogP) is 3.78. The Hall–Kier alpha value is -2.68. The zero-order valence-corrected chi connectivity index (χ0v) is 10.2. The zero-order valence-electron chi connectivity index (χ0n) is 10.2. The number of hydrogen-bond donors (Lipinski definition) is 1. The lowest BCUT2D eigenvalue weighted by molar-refractivity contribution is 1.34. The van der Waals surface area contributed by atoms with Crippen molar-refractivity contribution in [1.82, 2.24) is 15.0 Å². The highest BCUT2D eigenvalue weighted by Crippen LogP contribution is 2.30. The summed E-state index contributed by atoms with van der Waals surface area (Å²) in [6.07, 6.45) is 3.57. The van der Waals surface area contributed by atoms with Gasteiger partial charge in [-0.1, -0.05) is 36.4 Å². The summed E-state index contributed by atoms with van der Waals surface area (Å²) < 4.78 is 0. The molecule has 0 aliphatic heterocycles. The van der Waals surface area contributed by atoms with Crippen LogP contribution in [0.25, 0.3) is 33.1 Å². The van der Waals surface area contributed by atoms with Gasteiger partial charge in [-0.05, 0) is 17.5 Å². The number of aromatic amines is 1. The normalized spacial score (nSPS) is 11.2. The van der Waals surface area contributed by atoms with Gasteiger partial charge in [0.1, 0.15) is 0 Å². The summed E-state index contributed by atoms with van der Waals surface area (Å²) in [5.74, 6) is 0. The van der Waals surface area contributed by atoms with Crippen LogP contribution in [0, 0.1) is 0 Å². The van der Waals surface area contributed by atoms with Gasteiger partial charge in [-0.25, -0.2) is 4.98 Å². The maximum Gasteiger partial charge on any atom is 0.0976 e. The quantitative estimate of drug-likeness (QED) is 0.554. The molecule has 2 heterocycles. The minimum atomic E-state index is 0.964.